The number of fused-ring (bicyclic) bond motifs is 5. The molecule has 10 aromatic rings. The number of hydrogen-bond donors (Lipinski definition) is 4. The summed E-state index contributed by atoms with van der Waals surface area (Å²) in [6.07, 6.45) is 20.4. The van der Waals surface area contributed by atoms with E-state index in [0.29, 0.717) is 89.5 Å². The van der Waals surface area contributed by atoms with Crippen molar-refractivity contribution in [3.8, 4) is 78.1 Å². The number of nitrogens with zero attached hydrogens (tertiary/aromatic N) is 3. The first-order chi connectivity index (χ1) is 40.7. The number of rotatable bonds is 14. The van der Waals surface area contributed by atoms with Crippen LogP contribution >= 0.6 is 24.0 Å². The summed E-state index contributed by atoms with van der Waals surface area (Å²) in [6, 6.07) is 30.4. The lowest BCUT2D eigenvalue weighted by molar-refractivity contribution is 0.248. The van der Waals surface area contributed by atoms with Crippen molar-refractivity contribution in [2.45, 2.75) is 32.2 Å². The molecule has 0 bridgehead atoms. The Kier molecular flexibility index (Phi) is 24.9. The average molecular weight is 1190 g/mol. The summed E-state index contributed by atoms with van der Waals surface area (Å²) in [4.78, 5) is 60.9. The molecule has 85 heavy (non-hydrogen) atoms. The molecule has 0 atom stereocenters. The van der Waals surface area contributed by atoms with Crippen LogP contribution in [0.5, 0.6) is 28.7 Å². The van der Waals surface area contributed by atoms with Crippen LogP contribution in [0.15, 0.2) is 173 Å². The minimum Gasteiger partial charge on any atom is -0.508 e. The number of benzene rings is 5. The second kappa shape index (κ2) is 32.6. The van der Waals surface area contributed by atoms with Crippen LogP contribution in [0.3, 0.4) is 0 Å². The van der Waals surface area contributed by atoms with Gasteiger partial charge in [-0.3, -0.25) is 24.0 Å². The van der Waals surface area contributed by atoms with Crippen LogP contribution in [0.2, 0.25) is 0 Å². The molecule has 23 heteroatoms. The van der Waals surface area contributed by atoms with E-state index in [0.717, 1.165) is 0 Å². The van der Waals surface area contributed by atoms with Gasteiger partial charge >= 0.3 is 0 Å². The minimum absolute atomic E-state index is 0. The van der Waals surface area contributed by atoms with Crippen molar-refractivity contribution in [2.24, 2.45) is 10.8 Å². The topological polar surface area (TPSA) is 323 Å². The maximum atomic E-state index is 11.8. The number of aliphatic hydroxyl groups is 2. The number of nitrogens with two attached hydrogens (primary N) is 1. The fraction of sp³-hybridized carbons (Fsp3) is 0.145. The Bertz CT molecular complexity index is 4260. The van der Waals surface area contributed by atoms with Gasteiger partial charge in [-0.05, 0) is 66.2 Å². The molecule has 0 saturated carbocycles. The van der Waals surface area contributed by atoms with E-state index >= 15 is 0 Å². The molecule has 0 unspecified atom stereocenters. The zero-order chi connectivity index (χ0) is 60.5. The number of phenolic OH excluding ortho intramolecular Hbond substituents is 1. The predicted molar refractivity (Wildman–Crippen MR) is 321 cm³/mol. The van der Waals surface area contributed by atoms with Gasteiger partial charge in [-0.25, -0.2) is 0 Å². The largest absolute Gasteiger partial charge is 0.508 e. The Morgan fingerprint density at radius 3 is 1.09 bits per heavy atom. The van der Waals surface area contributed by atoms with Gasteiger partial charge in [0.2, 0.25) is 0 Å². The first-order valence-electron chi connectivity index (χ1n) is 24.4. The summed E-state index contributed by atoms with van der Waals surface area (Å²) in [7, 11) is 0. The molecule has 432 valence electrons. The van der Waals surface area contributed by atoms with E-state index in [1.807, 2.05) is 0 Å². The standard InChI is InChI=1S/C13H9ClO3.C13H9N3O3.C13H11NO3.C13H10O4.C10H8O4.ClH/c1-2-5-16-9-3-4-11-12(15)6-10(8-14)17-13(11)7-9;1-2-5-18-9-3-4-11-12(17)6-10(8-15-16-14)19-13(11)7-9;2*1-2-5-16-9-3-4-11-12(15)6-10(8-14)17-13(11)7-9;11-5-7-4-9(13)8-2-1-6(12)3-10(8)14-7;/h1,3-4,6-7H,5,8H2;1,3-4,6-7H,5,8H2;1,3-4,6-7H,5,8,14H2;1,3-4,6-7,14H,5,8H2;1-4,11-12H,5H2;1H. The summed E-state index contributed by atoms with van der Waals surface area (Å²) in [6.45, 7) is 0.139. The zero-order valence-electron chi connectivity index (χ0n) is 44.5. The number of ether oxygens (including phenoxy) is 4. The molecule has 10 rings (SSSR count). The highest BCUT2D eigenvalue weighted by Crippen LogP contribution is 2.24. The molecule has 0 radical (unpaired) electrons. The third-order valence-electron chi connectivity index (χ3n) is 11.0. The molecule has 0 aliphatic heterocycles. The molecule has 5 N–H and O–H groups in total. The van der Waals surface area contributed by atoms with Crippen LogP contribution < -0.4 is 51.8 Å². The van der Waals surface area contributed by atoms with E-state index in [1.165, 1.54) is 48.5 Å². The lowest BCUT2D eigenvalue weighted by atomic mass is 10.2. The smallest absolute Gasteiger partial charge is 0.193 e. The Labute approximate surface area is 492 Å². The van der Waals surface area contributed by atoms with Gasteiger partial charge in [0, 0.05) is 65.6 Å². The van der Waals surface area contributed by atoms with Crippen molar-refractivity contribution in [3.63, 3.8) is 0 Å². The molecular weight excluding hydrogens is 1140 g/mol. The van der Waals surface area contributed by atoms with Gasteiger partial charge in [0.05, 0.1) is 45.9 Å². The number of halogens is 2. The van der Waals surface area contributed by atoms with Gasteiger partial charge in [-0.15, -0.1) is 49.7 Å². The van der Waals surface area contributed by atoms with Gasteiger partial charge in [0.25, 0.3) is 0 Å². The number of aliphatic hydroxyl groups excluding tert-OH is 2. The first kappa shape index (κ1) is 65.0. The Morgan fingerprint density at radius 2 is 0.765 bits per heavy atom. The van der Waals surface area contributed by atoms with Crippen molar-refractivity contribution >= 4 is 78.9 Å². The van der Waals surface area contributed by atoms with Crippen molar-refractivity contribution in [3.05, 3.63) is 212 Å². The normalized spacial score (nSPS) is 9.98. The summed E-state index contributed by atoms with van der Waals surface area (Å²) in [5.74, 6) is 13.3. The SMILES string of the molecule is C#CCOc1ccc2c(=O)cc(CCl)oc2c1.C#CCOc1ccc2c(=O)cc(CN)oc2c1.C#CCOc1ccc2c(=O)cc(CN=[N+]=[N-])oc2c1.C#CCOc1ccc2c(=O)cc(CO)oc2c1.Cl.O=c1cc(CO)oc2cc(O)ccc12. The third kappa shape index (κ3) is 18.3. The summed E-state index contributed by atoms with van der Waals surface area (Å²) >= 11 is 5.63. The lowest BCUT2D eigenvalue weighted by Crippen LogP contribution is -2.05. The first-order valence-corrected chi connectivity index (χ1v) is 25.0. The summed E-state index contributed by atoms with van der Waals surface area (Å²) in [5, 5.41) is 32.5. The van der Waals surface area contributed by atoms with Gasteiger partial charge in [-0.1, -0.05) is 28.8 Å². The molecule has 0 aliphatic carbocycles. The molecular formula is C62H48Cl2N4O17. The number of hydrogen-bond acceptors (Lipinski definition) is 19. The third-order valence-corrected chi connectivity index (χ3v) is 11.3. The van der Waals surface area contributed by atoms with E-state index < -0.39 is 0 Å². The van der Waals surface area contributed by atoms with E-state index in [2.05, 4.69) is 33.7 Å². The van der Waals surface area contributed by atoms with Crippen LogP contribution in [0.4, 0.5) is 0 Å². The number of aromatic hydroxyl groups is 1. The Balaban J connectivity index is 0.000000194. The monoisotopic (exact) mass is 1190 g/mol. The fourth-order valence-corrected chi connectivity index (χ4v) is 7.43. The van der Waals surface area contributed by atoms with Crippen LogP contribution in [0, 0.1) is 49.4 Å². The quantitative estimate of drug-likeness (QED) is 0.0259. The zero-order valence-corrected chi connectivity index (χ0v) is 46.1. The Morgan fingerprint density at radius 1 is 0.471 bits per heavy atom. The van der Waals surface area contributed by atoms with Crippen LogP contribution in [-0.4, -0.2) is 41.7 Å². The maximum Gasteiger partial charge on any atom is 0.193 e. The minimum atomic E-state index is -0.333. The molecule has 0 saturated heterocycles. The van der Waals surface area contributed by atoms with E-state index in [4.69, 9.17) is 105 Å². The van der Waals surface area contributed by atoms with Gasteiger partial charge in [-0.2, -0.15) is 0 Å². The molecule has 5 aromatic carbocycles. The van der Waals surface area contributed by atoms with Crippen molar-refractivity contribution in [1.82, 2.24) is 0 Å². The molecule has 0 spiro atoms. The van der Waals surface area contributed by atoms with Gasteiger partial charge in [0.1, 0.15) is 125 Å². The van der Waals surface area contributed by atoms with Gasteiger partial charge in [0.15, 0.2) is 27.1 Å². The van der Waals surface area contributed by atoms with E-state index in [9.17, 15) is 24.0 Å². The Hall–Kier alpha value is -10.8. The molecule has 21 nitrogen and oxygen atoms in total. The molecule has 0 amide bonds. The number of alkyl halides is 1. The van der Waals surface area contributed by atoms with E-state index in [1.54, 1.807) is 72.8 Å². The average Bonchev–Trinajstić information content (AvgIpc) is 3.71. The highest BCUT2D eigenvalue weighted by molar-refractivity contribution is 6.16. The molecule has 0 fully saturated rings. The van der Waals surface area contributed by atoms with Crippen molar-refractivity contribution in [1.29, 1.82) is 0 Å². The summed E-state index contributed by atoms with van der Waals surface area (Å²) < 4.78 is 47.8. The highest BCUT2D eigenvalue weighted by atomic mass is 35.5. The van der Waals surface area contributed by atoms with Crippen molar-refractivity contribution in [2.75, 3.05) is 26.4 Å². The molecule has 5 aromatic heterocycles. The lowest BCUT2D eigenvalue weighted by Gasteiger charge is -2.04. The number of phenols is 1. The second-order valence-electron chi connectivity index (χ2n) is 16.7. The predicted octanol–water partition coefficient (Wildman–Crippen LogP) is 9.13. The maximum absolute atomic E-state index is 11.8. The highest BCUT2D eigenvalue weighted by Gasteiger charge is 2.10. The van der Waals surface area contributed by atoms with Crippen molar-refractivity contribution < 1.29 is 56.4 Å². The van der Waals surface area contributed by atoms with Gasteiger partial charge < -0.3 is 62.1 Å². The van der Waals surface area contributed by atoms with Crippen LogP contribution in [0.25, 0.3) is 65.3 Å². The van der Waals surface area contributed by atoms with Crippen LogP contribution in [-0.2, 0) is 32.2 Å². The molecule has 5 heterocycles. The molecule has 0 aliphatic rings. The number of azide groups is 1. The fourth-order valence-electron chi connectivity index (χ4n) is 7.30. The van der Waals surface area contributed by atoms with Crippen LogP contribution in [0.1, 0.15) is 28.8 Å². The summed E-state index contributed by atoms with van der Waals surface area (Å²) in [5.41, 5.74) is 14.7. The second-order valence-corrected chi connectivity index (χ2v) is 17.0. The number of terminal acetylenes is 4. The van der Waals surface area contributed by atoms with E-state index in [-0.39, 0.29) is 121 Å².